The van der Waals surface area contributed by atoms with Crippen molar-refractivity contribution < 1.29 is 13.2 Å². The van der Waals surface area contributed by atoms with Gasteiger partial charge in [-0.2, -0.15) is 10.2 Å². The second kappa shape index (κ2) is 8.00. The van der Waals surface area contributed by atoms with Crippen molar-refractivity contribution in [2.45, 2.75) is 32.2 Å². The van der Waals surface area contributed by atoms with Crippen molar-refractivity contribution in [3.05, 3.63) is 41.9 Å². The van der Waals surface area contributed by atoms with Gasteiger partial charge in [-0.1, -0.05) is 6.07 Å². The molecular formula is C22H28N6O3S. The van der Waals surface area contributed by atoms with Crippen molar-refractivity contribution in [3.63, 3.8) is 0 Å². The first-order valence-electron chi connectivity index (χ1n) is 10.9. The highest BCUT2D eigenvalue weighted by Crippen LogP contribution is 2.35. The van der Waals surface area contributed by atoms with E-state index in [0.29, 0.717) is 19.1 Å². The zero-order valence-corrected chi connectivity index (χ0v) is 19.4. The van der Waals surface area contributed by atoms with Crippen LogP contribution in [0.25, 0.3) is 17.2 Å². The van der Waals surface area contributed by atoms with Gasteiger partial charge < -0.3 is 9.64 Å². The van der Waals surface area contributed by atoms with E-state index in [0.717, 1.165) is 48.2 Å². The third-order valence-electron chi connectivity index (χ3n) is 6.11. The standard InChI is InChI=1S/C22H28N6O3S/c1-15(2)27-22(23-14-24-27)19-11-18-6-8-31-21-5-4-16(10-20(21)28(18)25-19)17-12-26(13-17)7-9-32(3,29)30/h4-5,10-11,14-15,17H,6-9,12-13H2,1-3H3. The van der Waals surface area contributed by atoms with E-state index in [1.54, 1.807) is 6.33 Å². The van der Waals surface area contributed by atoms with Crippen LogP contribution in [0, 0.1) is 0 Å². The zero-order valence-electron chi connectivity index (χ0n) is 18.6. The van der Waals surface area contributed by atoms with Gasteiger partial charge in [0, 0.05) is 50.0 Å². The number of sulfone groups is 1. The molecule has 0 N–H and O–H groups in total. The topological polar surface area (TPSA) is 95.1 Å². The second-order valence-corrected chi connectivity index (χ2v) is 11.2. The van der Waals surface area contributed by atoms with Crippen molar-refractivity contribution in [2.24, 2.45) is 0 Å². The normalized spacial score (nSPS) is 16.9. The number of hydrogen-bond donors (Lipinski definition) is 0. The summed E-state index contributed by atoms with van der Waals surface area (Å²) >= 11 is 0. The Morgan fingerprint density at radius 1 is 1.22 bits per heavy atom. The smallest absolute Gasteiger partial charge is 0.178 e. The molecule has 0 spiro atoms. The first-order chi connectivity index (χ1) is 15.3. The fourth-order valence-electron chi connectivity index (χ4n) is 4.33. The number of nitrogens with zero attached hydrogens (tertiary/aromatic N) is 6. The lowest BCUT2D eigenvalue weighted by Gasteiger charge is -2.39. The summed E-state index contributed by atoms with van der Waals surface area (Å²) in [6.07, 6.45) is 3.62. The van der Waals surface area contributed by atoms with Crippen LogP contribution in [0.5, 0.6) is 5.75 Å². The van der Waals surface area contributed by atoms with E-state index >= 15 is 0 Å². The predicted octanol–water partition coefficient (Wildman–Crippen LogP) is 2.09. The summed E-state index contributed by atoms with van der Waals surface area (Å²) in [6.45, 7) is 7.07. The molecule has 1 saturated heterocycles. The molecule has 0 aliphatic carbocycles. The lowest BCUT2D eigenvalue weighted by molar-refractivity contribution is 0.158. The molecule has 5 rings (SSSR count). The minimum atomic E-state index is -2.93. The SMILES string of the molecule is CC(C)n1ncnc1-c1cc2n(n1)-c1cc(C3CN(CCS(C)(=O)=O)C3)ccc1OCC2. The van der Waals surface area contributed by atoms with Gasteiger partial charge in [0.15, 0.2) is 5.82 Å². The lowest BCUT2D eigenvalue weighted by atomic mass is 9.91. The monoisotopic (exact) mass is 456 g/mol. The summed E-state index contributed by atoms with van der Waals surface area (Å²) < 4.78 is 32.7. The molecule has 0 amide bonds. The maximum Gasteiger partial charge on any atom is 0.178 e. The molecule has 2 aliphatic rings. The van der Waals surface area contributed by atoms with E-state index in [9.17, 15) is 8.42 Å². The zero-order chi connectivity index (χ0) is 22.5. The number of hydrogen-bond acceptors (Lipinski definition) is 7. The minimum absolute atomic E-state index is 0.195. The van der Waals surface area contributed by atoms with E-state index in [2.05, 4.69) is 47.0 Å². The molecule has 2 aromatic heterocycles. The number of ether oxygens (including phenoxy) is 1. The predicted molar refractivity (Wildman–Crippen MR) is 121 cm³/mol. The van der Waals surface area contributed by atoms with Crippen molar-refractivity contribution in [3.8, 4) is 23.0 Å². The molecule has 0 saturated carbocycles. The quantitative estimate of drug-likeness (QED) is 0.560. The van der Waals surface area contributed by atoms with Crippen LogP contribution in [0.15, 0.2) is 30.6 Å². The van der Waals surface area contributed by atoms with Crippen LogP contribution < -0.4 is 4.74 Å². The molecule has 3 aromatic rings. The summed E-state index contributed by atoms with van der Waals surface area (Å²) in [6, 6.07) is 8.57. The molecule has 1 fully saturated rings. The molecule has 4 heterocycles. The molecule has 10 heteroatoms. The Kier molecular flexibility index (Phi) is 5.29. The van der Waals surface area contributed by atoms with Crippen LogP contribution in [-0.2, 0) is 16.3 Å². The van der Waals surface area contributed by atoms with Crippen molar-refractivity contribution in [1.29, 1.82) is 0 Å². The van der Waals surface area contributed by atoms with Gasteiger partial charge in [0.1, 0.15) is 33.3 Å². The van der Waals surface area contributed by atoms with Crippen LogP contribution in [-0.4, -0.2) is 76.1 Å². The Labute approximate surface area is 187 Å². The van der Waals surface area contributed by atoms with Gasteiger partial charge in [-0.05, 0) is 37.6 Å². The molecular weight excluding hydrogens is 428 g/mol. The average Bonchev–Trinajstić information content (AvgIpc) is 3.30. The first kappa shape index (κ1) is 21.1. The van der Waals surface area contributed by atoms with Gasteiger partial charge in [0.05, 0.1) is 12.4 Å². The van der Waals surface area contributed by atoms with Crippen molar-refractivity contribution in [1.82, 2.24) is 29.4 Å². The highest BCUT2D eigenvalue weighted by atomic mass is 32.2. The molecule has 170 valence electrons. The maximum atomic E-state index is 11.4. The first-order valence-corrected chi connectivity index (χ1v) is 13.0. The Hall–Kier alpha value is -2.72. The van der Waals surface area contributed by atoms with Gasteiger partial charge in [0.2, 0.25) is 0 Å². The Balaban J connectivity index is 1.41. The second-order valence-electron chi connectivity index (χ2n) is 8.97. The van der Waals surface area contributed by atoms with Gasteiger partial charge in [-0.25, -0.2) is 22.8 Å². The molecule has 9 nitrogen and oxygen atoms in total. The molecule has 1 aromatic carbocycles. The fraction of sp³-hybridized carbons (Fsp3) is 0.500. The third-order valence-corrected chi connectivity index (χ3v) is 7.03. The van der Waals surface area contributed by atoms with Gasteiger partial charge in [0.25, 0.3) is 0 Å². The average molecular weight is 457 g/mol. The fourth-order valence-corrected chi connectivity index (χ4v) is 4.92. The van der Waals surface area contributed by atoms with Crippen LogP contribution >= 0.6 is 0 Å². The molecule has 2 aliphatic heterocycles. The maximum absolute atomic E-state index is 11.4. The number of fused-ring (bicyclic) bond motifs is 3. The summed E-state index contributed by atoms with van der Waals surface area (Å²) in [5.74, 6) is 2.17. The van der Waals surface area contributed by atoms with E-state index in [-0.39, 0.29) is 11.8 Å². The van der Waals surface area contributed by atoms with Gasteiger partial charge in [-0.15, -0.1) is 0 Å². The van der Waals surface area contributed by atoms with Crippen LogP contribution in [0.2, 0.25) is 0 Å². The van der Waals surface area contributed by atoms with Crippen molar-refractivity contribution in [2.75, 3.05) is 38.2 Å². The Morgan fingerprint density at radius 2 is 2.03 bits per heavy atom. The Bertz CT molecular complexity index is 1240. The number of likely N-dealkylation sites (tertiary alicyclic amines) is 1. The largest absolute Gasteiger partial charge is 0.491 e. The van der Waals surface area contributed by atoms with Gasteiger partial charge in [-0.3, -0.25) is 0 Å². The summed E-state index contributed by atoms with van der Waals surface area (Å²) in [4.78, 5) is 6.62. The highest BCUT2D eigenvalue weighted by Gasteiger charge is 2.30. The van der Waals surface area contributed by atoms with Crippen LogP contribution in [0.1, 0.15) is 37.1 Å². The summed E-state index contributed by atoms with van der Waals surface area (Å²) in [5.41, 5.74) is 4.04. The molecule has 0 radical (unpaired) electrons. The van der Waals surface area contributed by atoms with Crippen LogP contribution in [0.3, 0.4) is 0 Å². The Morgan fingerprint density at radius 3 is 2.78 bits per heavy atom. The summed E-state index contributed by atoms with van der Waals surface area (Å²) in [5, 5.41) is 9.23. The van der Waals surface area contributed by atoms with Crippen LogP contribution in [0.4, 0.5) is 0 Å². The molecule has 0 atom stereocenters. The lowest BCUT2D eigenvalue weighted by Crippen LogP contribution is -2.46. The summed E-state index contributed by atoms with van der Waals surface area (Å²) in [7, 11) is -2.93. The number of rotatable bonds is 6. The molecule has 0 bridgehead atoms. The van der Waals surface area contributed by atoms with E-state index in [1.807, 2.05) is 15.4 Å². The van der Waals surface area contributed by atoms with E-state index in [1.165, 1.54) is 11.8 Å². The highest BCUT2D eigenvalue weighted by molar-refractivity contribution is 7.90. The molecule has 32 heavy (non-hydrogen) atoms. The van der Waals surface area contributed by atoms with Gasteiger partial charge >= 0.3 is 0 Å². The van der Waals surface area contributed by atoms with E-state index < -0.39 is 9.84 Å². The molecule has 0 unspecified atom stereocenters. The number of benzene rings is 1. The van der Waals surface area contributed by atoms with E-state index in [4.69, 9.17) is 9.84 Å². The van der Waals surface area contributed by atoms with Crippen molar-refractivity contribution >= 4 is 9.84 Å². The third kappa shape index (κ3) is 4.04. The minimum Gasteiger partial charge on any atom is -0.491 e. The number of aromatic nitrogens is 5.